The number of esters is 1. The molecule has 0 aliphatic heterocycles. The van der Waals surface area contributed by atoms with Gasteiger partial charge >= 0.3 is 5.97 Å². The van der Waals surface area contributed by atoms with Gasteiger partial charge < -0.3 is 4.74 Å². The molecule has 2 aromatic rings. The minimum absolute atomic E-state index is 0.0974. The van der Waals surface area contributed by atoms with Gasteiger partial charge in [-0.3, -0.25) is 14.2 Å². The molecule has 0 radical (unpaired) electrons. The van der Waals surface area contributed by atoms with Crippen LogP contribution in [0, 0.1) is 0 Å². The standard InChI is InChI=1S/C12H14N2O3S/c1-3-8-6-9-11(18-8)13-7-14(12(9)16)5-4-10(15)17-2/h6-7H,3-5H2,1-2H3. The summed E-state index contributed by atoms with van der Waals surface area (Å²) in [5, 5.41) is 0.629. The zero-order chi connectivity index (χ0) is 13.1. The number of nitrogens with zero attached hydrogens (tertiary/aromatic N) is 2. The number of hydrogen-bond donors (Lipinski definition) is 0. The third-order valence-electron chi connectivity index (χ3n) is 2.70. The van der Waals surface area contributed by atoms with E-state index in [4.69, 9.17) is 0 Å². The Hall–Kier alpha value is -1.69. The predicted molar refractivity (Wildman–Crippen MR) is 69.9 cm³/mol. The molecule has 2 heterocycles. The SMILES string of the molecule is CCc1cc2c(=O)n(CCC(=O)OC)cnc2s1. The van der Waals surface area contributed by atoms with Crippen LogP contribution >= 0.6 is 11.3 Å². The molecule has 0 spiro atoms. The molecule has 0 saturated heterocycles. The van der Waals surface area contributed by atoms with Crippen molar-refractivity contribution in [1.82, 2.24) is 9.55 Å². The molecule has 0 N–H and O–H groups in total. The van der Waals surface area contributed by atoms with Gasteiger partial charge in [0.1, 0.15) is 4.83 Å². The highest BCUT2D eigenvalue weighted by Crippen LogP contribution is 2.20. The second-order valence-electron chi connectivity index (χ2n) is 3.85. The number of methoxy groups -OCH3 is 1. The maximum Gasteiger partial charge on any atom is 0.307 e. The van der Waals surface area contributed by atoms with Crippen molar-refractivity contribution >= 4 is 27.5 Å². The Morgan fingerprint density at radius 3 is 3.00 bits per heavy atom. The lowest BCUT2D eigenvalue weighted by molar-refractivity contribution is -0.140. The first kappa shape index (κ1) is 12.8. The van der Waals surface area contributed by atoms with Gasteiger partial charge in [-0.05, 0) is 12.5 Å². The fraction of sp³-hybridized carbons (Fsp3) is 0.417. The first-order valence-electron chi connectivity index (χ1n) is 5.70. The van der Waals surface area contributed by atoms with E-state index in [0.717, 1.165) is 16.1 Å². The minimum Gasteiger partial charge on any atom is -0.469 e. The minimum atomic E-state index is -0.332. The van der Waals surface area contributed by atoms with Crippen LogP contribution in [0.5, 0.6) is 0 Å². The van der Waals surface area contributed by atoms with Gasteiger partial charge in [-0.1, -0.05) is 6.92 Å². The molecule has 0 aromatic carbocycles. The van der Waals surface area contributed by atoms with Crippen molar-refractivity contribution in [2.45, 2.75) is 26.3 Å². The summed E-state index contributed by atoms with van der Waals surface area (Å²) < 4.78 is 6.00. The van der Waals surface area contributed by atoms with E-state index in [0.29, 0.717) is 11.9 Å². The van der Waals surface area contributed by atoms with Crippen molar-refractivity contribution in [3.8, 4) is 0 Å². The number of ether oxygens (including phenoxy) is 1. The van der Waals surface area contributed by atoms with Crippen LogP contribution in [0.25, 0.3) is 10.2 Å². The Balaban J connectivity index is 2.32. The van der Waals surface area contributed by atoms with Gasteiger partial charge in [0.2, 0.25) is 0 Å². The highest BCUT2D eigenvalue weighted by atomic mass is 32.1. The Morgan fingerprint density at radius 2 is 2.33 bits per heavy atom. The summed E-state index contributed by atoms with van der Waals surface area (Å²) in [6.45, 7) is 2.34. The van der Waals surface area contributed by atoms with Gasteiger partial charge in [0.25, 0.3) is 5.56 Å². The van der Waals surface area contributed by atoms with Crippen LogP contribution in [0.1, 0.15) is 18.2 Å². The number of carbonyl (C=O) groups excluding carboxylic acids is 1. The summed E-state index contributed by atoms with van der Waals surface area (Å²) in [6, 6.07) is 1.88. The molecule has 18 heavy (non-hydrogen) atoms. The number of hydrogen-bond acceptors (Lipinski definition) is 5. The average Bonchev–Trinajstić information content (AvgIpc) is 2.81. The second-order valence-corrected chi connectivity index (χ2v) is 4.97. The van der Waals surface area contributed by atoms with Crippen molar-refractivity contribution < 1.29 is 9.53 Å². The number of rotatable bonds is 4. The summed E-state index contributed by atoms with van der Waals surface area (Å²) in [5.74, 6) is -0.332. The summed E-state index contributed by atoms with van der Waals surface area (Å²) in [4.78, 5) is 29.3. The van der Waals surface area contributed by atoms with Crippen LogP contribution < -0.4 is 5.56 Å². The Kier molecular flexibility index (Phi) is 3.76. The molecule has 0 unspecified atom stereocenters. The zero-order valence-electron chi connectivity index (χ0n) is 10.3. The van der Waals surface area contributed by atoms with Gasteiger partial charge in [0, 0.05) is 11.4 Å². The monoisotopic (exact) mass is 266 g/mol. The number of fused-ring (bicyclic) bond motifs is 1. The summed E-state index contributed by atoms with van der Waals surface area (Å²) in [6.07, 6.45) is 2.56. The zero-order valence-corrected chi connectivity index (χ0v) is 11.1. The lowest BCUT2D eigenvalue weighted by Gasteiger charge is -2.03. The molecule has 96 valence electrons. The van der Waals surface area contributed by atoms with E-state index >= 15 is 0 Å². The van der Waals surface area contributed by atoms with E-state index in [9.17, 15) is 9.59 Å². The third kappa shape index (κ3) is 2.43. The Bertz CT molecular complexity index is 630. The average molecular weight is 266 g/mol. The lowest BCUT2D eigenvalue weighted by atomic mass is 10.3. The molecule has 6 heteroatoms. The number of thiophene rings is 1. The fourth-order valence-electron chi connectivity index (χ4n) is 1.66. The first-order valence-corrected chi connectivity index (χ1v) is 6.52. The molecule has 2 aromatic heterocycles. The number of carbonyl (C=O) groups is 1. The highest BCUT2D eigenvalue weighted by molar-refractivity contribution is 7.18. The predicted octanol–water partition coefficient (Wildman–Crippen LogP) is 1.58. The topological polar surface area (TPSA) is 61.2 Å². The largest absolute Gasteiger partial charge is 0.469 e. The van der Waals surface area contributed by atoms with E-state index in [1.54, 1.807) is 0 Å². The molecule has 0 atom stereocenters. The summed E-state index contributed by atoms with van der Waals surface area (Å²) >= 11 is 1.53. The van der Waals surface area contributed by atoms with E-state index in [1.165, 1.54) is 29.3 Å². The quantitative estimate of drug-likeness (QED) is 0.788. The molecule has 0 aliphatic carbocycles. The number of aromatic nitrogens is 2. The van der Waals surface area contributed by atoms with Crippen LogP contribution in [-0.4, -0.2) is 22.6 Å². The van der Waals surface area contributed by atoms with E-state index < -0.39 is 0 Å². The van der Waals surface area contributed by atoms with E-state index in [2.05, 4.69) is 9.72 Å². The Morgan fingerprint density at radius 1 is 1.56 bits per heavy atom. The molecule has 0 fully saturated rings. The van der Waals surface area contributed by atoms with E-state index in [-0.39, 0.29) is 17.9 Å². The summed E-state index contributed by atoms with van der Waals surface area (Å²) in [7, 11) is 1.33. The molecule has 0 bridgehead atoms. The molecule has 0 saturated carbocycles. The highest BCUT2D eigenvalue weighted by Gasteiger charge is 2.09. The maximum absolute atomic E-state index is 12.1. The lowest BCUT2D eigenvalue weighted by Crippen LogP contribution is -2.21. The van der Waals surface area contributed by atoms with Crippen molar-refractivity contribution in [3.05, 3.63) is 27.6 Å². The van der Waals surface area contributed by atoms with Gasteiger partial charge in [0.05, 0.1) is 25.2 Å². The fourth-order valence-corrected chi connectivity index (χ4v) is 2.58. The van der Waals surface area contributed by atoms with Crippen molar-refractivity contribution in [2.75, 3.05) is 7.11 Å². The van der Waals surface area contributed by atoms with Crippen LogP contribution in [0.3, 0.4) is 0 Å². The normalized spacial score (nSPS) is 10.8. The van der Waals surface area contributed by atoms with E-state index in [1.807, 2.05) is 13.0 Å². The van der Waals surface area contributed by atoms with Crippen LogP contribution in [0.15, 0.2) is 17.2 Å². The molecule has 0 amide bonds. The molecular formula is C12H14N2O3S. The second kappa shape index (κ2) is 5.30. The van der Waals surface area contributed by atoms with Gasteiger partial charge in [-0.15, -0.1) is 11.3 Å². The van der Waals surface area contributed by atoms with Crippen molar-refractivity contribution in [3.63, 3.8) is 0 Å². The van der Waals surface area contributed by atoms with Gasteiger partial charge in [0.15, 0.2) is 0 Å². The van der Waals surface area contributed by atoms with Crippen molar-refractivity contribution in [2.24, 2.45) is 0 Å². The van der Waals surface area contributed by atoms with Gasteiger partial charge in [-0.25, -0.2) is 4.98 Å². The number of aryl methyl sites for hydroxylation is 2. The molecule has 5 nitrogen and oxygen atoms in total. The molecular weight excluding hydrogens is 252 g/mol. The van der Waals surface area contributed by atoms with Crippen molar-refractivity contribution in [1.29, 1.82) is 0 Å². The van der Waals surface area contributed by atoms with Crippen LogP contribution in [-0.2, 0) is 22.5 Å². The Labute approximate surface area is 108 Å². The molecule has 2 rings (SSSR count). The van der Waals surface area contributed by atoms with Gasteiger partial charge in [-0.2, -0.15) is 0 Å². The molecule has 0 aliphatic rings. The summed E-state index contributed by atoms with van der Waals surface area (Å²) in [5.41, 5.74) is -0.0974. The first-order chi connectivity index (χ1) is 8.65. The maximum atomic E-state index is 12.1. The smallest absolute Gasteiger partial charge is 0.307 e. The third-order valence-corrected chi connectivity index (χ3v) is 3.89. The van der Waals surface area contributed by atoms with Crippen LogP contribution in [0.2, 0.25) is 0 Å². The van der Waals surface area contributed by atoms with Crippen LogP contribution in [0.4, 0.5) is 0 Å².